The minimum atomic E-state index is -0.314. The van der Waals surface area contributed by atoms with E-state index >= 15 is 0 Å². The number of rotatable bonds is 4. The number of nitrogens with zero attached hydrogens (tertiary/aromatic N) is 3. The molecule has 0 aromatic carbocycles. The van der Waals surface area contributed by atoms with Crippen LogP contribution in [0.5, 0.6) is 0 Å². The zero-order valence-electron chi connectivity index (χ0n) is 16.3. The predicted octanol–water partition coefficient (Wildman–Crippen LogP) is 4.06. The van der Waals surface area contributed by atoms with Crippen molar-refractivity contribution < 1.29 is 4.79 Å². The van der Waals surface area contributed by atoms with Crippen molar-refractivity contribution in [1.29, 1.82) is 5.26 Å². The average molecular weight is 397 g/mol. The summed E-state index contributed by atoms with van der Waals surface area (Å²) in [5, 5.41) is 20.0. The molecule has 1 aliphatic heterocycles. The van der Waals surface area contributed by atoms with Crippen molar-refractivity contribution in [2.45, 2.75) is 52.5 Å². The number of carbonyl (C=O) groups excluding carboxylic acids is 1. The van der Waals surface area contributed by atoms with Crippen LogP contribution in [0.15, 0.2) is 6.33 Å². The molecule has 3 atom stereocenters. The molecule has 3 unspecified atom stereocenters. The number of nitriles is 1. The van der Waals surface area contributed by atoms with E-state index in [1.807, 2.05) is 6.92 Å². The van der Waals surface area contributed by atoms with E-state index < -0.39 is 0 Å². The number of amides is 1. The summed E-state index contributed by atoms with van der Waals surface area (Å²) >= 11 is 1.62. The Bertz CT molecular complexity index is 962. The SMILES string of the molecule is CCC(C)C1Nc2ncnc(Nc3sc4c(c3C#N)CCC(C)C4)c2NC1=O. The zero-order chi connectivity index (χ0) is 19.8. The molecule has 7 nitrogen and oxygen atoms in total. The van der Waals surface area contributed by atoms with Crippen LogP contribution in [0, 0.1) is 23.2 Å². The molecular weight excluding hydrogens is 372 g/mol. The predicted molar refractivity (Wildman–Crippen MR) is 111 cm³/mol. The Morgan fingerprint density at radius 2 is 2.29 bits per heavy atom. The molecule has 28 heavy (non-hydrogen) atoms. The molecule has 0 radical (unpaired) electrons. The lowest BCUT2D eigenvalue weighted by atomic mass is 9.89. The first kappa shape index (κ1) is 18.7. The maximum absolute atomic E-state index is 12.6. The molecular formula is C20H24N6OS. The van der Waals surface area contributed by atoms with E-state index in [1.54, 1.807) is 11.3 Å². The van der Waals surface area contributed by atoms with Crippen molar-refractivity contribution >= 4 is 39.6 Å². The van der Waals surface area contributed by atoms with Crippen molar-refractivity contribution in [3.05, 3.63) is 22.3 Å². The maximum atomic E-state index is 12.6. The van der Waals surface area contributed by atoms with E-state index in [2.05, 4.69) is 45.8 Å². The average Bonchev–Trinajstić information content (AvgIpc) is 3.03. The van der Waals surface area contributed by atoms with Gasteiger partial charge in [-0.15, -0.1) is 11.3 Å². The van der Waals surface area contributed by atoms with Crippen LogP contribution in [0.25, 0.3) is 0 Å². The van der Waals surface area contributed by atoms with Crippen LogP contribution in [0.4, 0.5) is 22.3 Å². The highest BCUT2D eigenvalue weighted by Gasteiger charge is 2.32. The van der Waals surface area contributed by atoms with Gasteiger partial charge in [-0.25, -0.2) is 9.97 Å². The number of nitrogens with one attached hydrogen (secondary N) is 3. The number of carbonyl (C=O) groups is 1. The number of anilines is 4. The van der Waals surface area contributed by atoms with Crippen LogP contribution >= 0.6 is 11.3 Å². The minimum absolute atomic E-state index is 0.0838. The van der Waals surface area contributed by atoms with Gasteiger partial charge < -0.3 is 16.0 Å². The van der Waals surface area contributed by atoms with Crippen molar-refractivity contribution in [2.24, 2.45) is 11.8 Å². The topological polar surface area (TPSA) is 103 Å². The lowest BCUT2D eigenvalue weighted by molar-refractivity contribution is -0.118. The fourth-order valence-electron chi connectivity index (χ4n) is 3.82. The summed E-state index contributed by atoms with van der Waals surface area (Å²) in [6, 6.07) is 2.04. The highest BCUT2D eigenvalue weighted by molar-refractivity contribution is 7.16. The van der Waals surface area contributed by atoms with Crippen LogP contribution in [0.1, 0.15) is 49.6 Å². The maximum Gasteiger partial charge on any atom is 0.247 e. The number of hydrogen-bond donors (Lipinski definition) is 3. The molecule has 0 fully saturated rings. The van der Waals surface area contributed by atoms with E-state index in [1.165, 1.54) is 11.2 Å². The largest absolute Gasteiger partial charge is 0.356 e. The molecule has 4 rings (SSSR count). The Morgan fingerprint density at radius 1 is 1.46 bits per heavy atom. The van der Waals surface area contributed by atoms with E-state index in [4.69, 9.17) is 0 Å². The molecule has 1 amide bonds. The number of fused-ring (bicyclic) bond motifs is 2. The van der Waals surface area contributed by atoms with Gasteiger partial charge in [-0.1, -0.05) is 27.2 Å². The fraction of sp³-hybridized carbons (Fsp3) is 0.500. The third kappa shape index (κ3) is 3.20. The first-order valence-electron chi connectivity index (χ1n) is 9.75. The molecule has 8 heteroatoms. The summed E-state index contributed by atoms with van der Waals surface area (Å²) in [6.07, 6.45) is 5.42. The zero-order valence-corrected chi connectivity index (χ0v) is 17.1. The smallest absolute Gasteiger partial charge is 0.247 e. The van der Waals surface area contributed by atoms with Crippen LogP contribution in [0.2, 0.25) is 0 Å². The van der Waals surface area contributed by atoms with Gasteiger partial charge in [-0.05, 0) is 36.7 Å². The van der Waals surface area contributed by atoms with Gasteiger partial charge >= 0.3 is 0 Å². The van der Waals surface area contributed by atoms with E-state index in [0.717, 1.165) is 36.2 Å². The Hall–Kier alpha value is -2.66. The normalized spacial score (nSPS) is 21.6. The Morgan fingerprint density at radius 3 is 3.04 bits per heavy atom. The van der Waals surface area contributed by atoms with Crippen molar-refractivity contribution in [3.8, 4) is 6.07 Å². The molecule has 2 aromatic heterocycles. The fourth-order valence-corrected chi connectivity index (χ4v) is 5.18. The number of thiophene rings is 1. The van der Waals surface area contributed by atoms with Crippen molar-refractivity contribution in [2.75, 3.05) is 16.0 Å². The molecule has 0 bridgehead atoms. The van der Waals surface area contributed by atoms with E-state index in [0.29, 0.717) is 28.8 Å². The van der Waals surface area contributed by atoms with Gasteiger partial charge in [0.1, 0.15) is 29.1 Å². The van der Waals surface area contributed by atoms with Gasteiger partial charge in [0.2, 0.25) is 5.91 Å². The molecule has 0 saturated heterocycles. The number of hydrogen-bond acceptors (Lipinski definition) is 7. The second kappa shape index (κ2) is 7.40. The molecule has 0 spiro atoms. The third-order valence-corrected chi connectivity index (χ3v) is 6.91. The molecule has 1 aliphatic carbocycles. The Balaban J connectivity index is 1.67. The summed E-state index contributed by atoms with van der Waals surface area (Å²) in [4.78, 5) is 22.5. The van der Waals surface area contributed by atoms with Gasteiger partial charge in [0, 0.05) is 4.88 Å². The van der Waals surface area contributed by atoms with E-state index in [9.17, 15) is 10.1 Å². The first-order valence-corrected chi connectivity index (χ1v) is 10.6. The lowest BCUT2D eigenvalue weighted by Crippen LogP contribution is -2.43. The quantitative estimate of drug-likeness (QED) is 0.720. The standard InChI is InChI=1S/C20H24N6OS/c1-4-11(3)15-19(27)25-16-17(24-15)22-9-23-18(16)26-20-13(8-21)12-6-5-10(2)7-14(12)28-20/h9-11,15H,4-7H2,1-3H3,(H,25,27)(H2,22,23,24,26). The van der Waals surface area contributed by atoms with Gasteiger partial charge in [0.05, 0.1) is 5.56 Å². The summed E-state index contributed by atoms with van der Waals surface area (Å²) in [7, 11) is 0. The van der Waals surface area contributed by atoms with Crippen LogP contribution in [0.3, 0.4) is 0 Å². The minimum Gasteiger partial charge on any atom is -0.356 e. The highest BCUT2D eigenvalue weighted by atomic mass is 32.1. The second-order valence-electron chi connectivity index (χ2n) is 7.74. The summed E-state index contributed by atoms with van der Waals surface area (Å²) < 4.78 is 0. The van der Waals surface area contributed by atoms with Crippen molar-refractivity contribution in [1.82, 2.24) is 9.97 Å². The highest BCUT2D eigenvalue weighted by Crippen LogP contribution is 2.42. The van der Waals surface area contributed by atoms with Gasteiger partial charge in [0.25, 0.3) is 0 Å². The summed E-state index contributed by atoms with van der Waals surface area (Å²) in [5.41, 5.74) is 2.40. The van der Waals surface area contributed by atoms with Gasteiger partial charge in [-0.2, -0.15) is 5.26 Å². The molecule has 146 valence electrons. The third-order valence-electron chi connectivity index (χ3n) is 5.74. The second-order valence-corrected chi connectivity index (χ2v) is 8.84. The molecule has 2 aromatic rings. The van der Waals surface area contributed by atoms with Crippen LogP contribution in [-0.4, -0.2) is 21.9 Å². The van der Waals surface area contributed by atoms with E-state index in [-0.39, 0.29) is 17.9 Å². The van der Waals surface area contributed by atoms with Gasteiger partial charge in [0.15, 0.2) is 11.6 Å². The van der Waals surface area contributed by atoms with Crippen LogP contribution < -0.4 is 16.0 Å². The lowest BCUT2D eigenvalue weighted by Gasteiger charge is -2.30. The van der Waals surface area contributed by atoms with Crippen LogP contribution in [-0.2, 0) is 17.6 Å². The molecule has 2 aliphatic rings. The van der Waals surface area contributed by atoms with Crippen molar-refractivity contribution in [3.63, 3.8) is 0 Å². The molecule has 3 N–H and O–H groups in total. The summed E-state index contributed by atoms with van der Waals surface area (Å²) in [5.74, 6) is 1.86. The number of aromatic nitrogens is 2. The van der Waals surface area contributed by atoms with Gasteiger partial charge in [-0.3, -0.25) is 4.79 Å². The Labute approximate surface area is 168 Å². The monoisotopic (exact) mass is 396 g/mol. The Kier molecular flexibility index (Phi) is 4.94. The molecule has 0 saturated carbocycles. The first-order chi connectivity index (χ1) is 13.5. The molecule has 3 heterocycles. The summed E-state index contributed by atoms with van der Waals surface area (Å²) in [6.45, 7) is 6.35.